The summed E-state index contributed by atoms with van der Waals surface area (Å²) in [6, 6.07) is 5.19. The van der Waals surface area contributed by atoms with Gasteiger partial charge in [0.25, 0.3) is 0 Å². The maximum Gasteiger partial charge on any atom is 0.226 e. The number of ether oxygens (including phenoxy) is 1. The molecule has 2 unspecified atom stereocenters. The predicted octanol–water partition coefficient (Wildman–Crippen LogP) is 2.60. The van der Waals surface area contributed by atoms with Crippen LogP contribution in [0, 0.1) is 11.8 Å². The van der Waals surface area contributed by atoms with Crippen LogP contribution >= 0.6 is 11.6 Å². The van der Waals surface area contributed by atoms with E-state index in [1.165, 1.54) is 0 Å². The molecule has 3 heterocycles. The fourth-order valence-electron chi connectivity index (χ4n) is 5.22. The van der Waals surface area contributed by atoms with Crippen LogP contribution in [-0.4, -0.2) is 53.3 Å². The quantitative estimate of drug-likeness (QED) is 0.762. The Kier molecular flexibility index (Phi) is 5.48. The minimum atomic E-state index is -0.585. The maximum absolute atomic E-state index is 13.5. The van der Waals surface area contributed by atoms with E-state index in [2.05, 4.69) is 10.3 Å². The molecule has 2 amide bonds. The molecule has 3 atom stereocenters. The third-order valence-corrected chi connectivity index (χ3v) is 7.14. The Morgan fingerprint density at radius 3 is 2.77 bits per heavy atom. The van der Waals surface area contributed by atoms with Gasteiger partial charge in [-0.25, -0.2) is 0 Å². The lowest BCUT2D eigenvalue weighted by molar-refractivity contribution is -0.144. The molecule has 0 spiro atoms. The number of rotatable bonds is 3. The molecule has 2 aliphatic heterocycles. The van der Waals surface area contributed by atoms with Crippen molar-refractivity contribution >= 4 is 40.1 Å². The number of amides is 2. The van der Waals surface area contributed by atoms with Crippen molar-refractivity contribution in [2.45, 2.75) is 44.7 Å². The highest BCUT2D eigenvalue weighted by Crippen LogP contribution is 2.35. The first-order valence-corrected chi connectivity index (χ1v) is 11.4. The monoisotopic (exact) mass is 443 g/mol. The lowest BCUT2D eigenvalue weighted by Gasteiger charge is -2.36. The summed E-state index contributed by atoms with van der Waals surface area (Å²) in [4.78, 5) is 43.7. The Labute approximate surface area is 185 Å². The minimum Gasteiger partial charge on any atom is -0.371 e. The summed E-state index contributed by atoms with van der Waals surface area (Å²) in [5.74, 6) is -1.00. The number of carbonyl (C=O) groups excluding carboxylic acids is 3. The van der Waals surface area contributed by atoms with Crippen molar-refractivity contribution in [3.05, 3.63) is 34.5 Å². The molecular weight excluding hydrogens is 418 g/mol. The van der Waals surface area contributed by atoms with E-state index in [1.807, 2.05) is 23.1 Å². The van der Waals surface area contributed by atoms with Crippen LogP contribution in [0.3, 0.4) is 0 Å². The normalized spacial score (nSPS) is 26.2. The van der Waals surface area contributed by atoms with Gasteiger partial charge in [-0.05, 0) is 31.0 Å². The van der Waals surface area contributed by atoms with Crippen LogP contribution < -0.4 is 5.32 Å². The molecule has 31 heavy (non-hydrogen) atoms. The van der Waals surface area contributed by atoms with E-state index in [4.69, 9.17) is 16.3 Å². The number of H-pyrrole nitrogens is 1. The number of hydrogen-bond donors (Lipinski definition) is 2. The van der Waals surface area contributed by atoms with Gasteiger partial charge < -0.3 is 19.9 Å². The smallest absolute Gasteiger partial charge is 0.226 e. The molecule has 2 aromatic rings. The Hall–Kier alpha value is -2.38. The van der Waals surface area contributed by atoms with Crippen molar-refractivity contribution in [1.29, 1.82) is 0 Å². The van der Waals surface area contributed by atoms with Crippen LogP contribution in [0.1, 0.15) is 36.9 Å². The van der Waals surface area contributed by atoms with Gasteiger partial charge >= 0.3 is 0 Å². The van der Waals surface area contributed by atoms with Crippen LogP contribution in [0.25, 0.3) is 10.9 Å². The number of hydrogen-bond acceptors (Lipinski definition) is 4. The van der Waals surface area contributed by atoms with Crippen LogP contribution in [0.5, 0.6) is 0 Å². The number of fused-ring (bicyclic) bond motifs is 3. The van der Waals surface area contributed by atoms with Gasteiger partial charge in [-0.1, -0.05) is 24.4 Å². The van der Waals surface area contributed by atoms with E-state index in [-0.39, 0.29) is 36.7 Å². The molecule has 0 bridgehead atoms. The summed E-state index contributed by atoms with van der Waals surface area (Å²) in [5, 5.41) is 4.55. The number of nitrogens with one attached hydrogen (secondary N) is 2. The molecule has 1 aromatic heterocycles. The second-order valence-corrected chi connectivity index (χ2v) is 9.26. The summed E-state index contributed by atoms with van der Waals surface area (Å²) >= 11 is 6.20. The Morgan fingerprint density at radius 1 is 1.19 bits per heavy atom. The van der Waals surface area contributed by atoms with Crippen LogP contribution in [-0.2, 0) is 32.1 Å². The molecule has 164 valence electrons. The number of aromatic amines is 1. The molecule has 1 aliphatic carbocycles. The van der Waals surface area contributed by atoms with E-state index in [1.54, 1.807) is 0 Å². The lowest BCUT2D eigenvalue weighted by Crippen LogP contribution is -2.49. The zero-order valence-electron chi connectivity index (χ0n) is 17.3. The minimum absolute atomic E-state index is 0.0378. The van der Waals surface area contributed by atoms with E-state index in [0.29, 0.717) is 31.0 Å². The summed E-state index contributed by atoms with van der Waals surface area (Å²) in [6.45, 7) is 1.41. The van der Waals surface area contributed by atoms with E-state index in [0.717, 1.165) is 41.4 Å². The number of halogens is 1. The van der Waals surface area contributed by atoms with Crippen molar-refractivity contribution in [3.63, 3.8) is 0 Å². The highest BCUT2D eigenvalue weighted by Gasteiger charge is 2.40. The second-order valence-electron chi connectivity index (χ2n) is 8.82. The molecule has 1 saturated carbocycles. The van der Waals surface area contributed by atoms with Crippen molar-refractivity contribution in [3.8, 4) is 0 Å². The van der Waals surface area contributed by atoms with Gasteiger partial charge in [0.2, 0.25) is 11.8 Å². The molecule has 3 aliphatic rings. The molecule has 1 saturated heterocycles. The third kappa shape index (κ3) is 3.85. The van der Waals surface area contributed by atoms with Gasteiger partial charge in [0.15, 0.2) is 5.78 Å². The van der Waals surface area contributed by atoms with Gasteiger partial charge in [0.05, 0.1) is 6.61 Å². The molecule has 5 rings (SSSR count). The van der Waals surface area contributed by atoms with E-state index in [9.17, 15) is 14.4 Å². The van der Waals surface area contributed by atoms with Crippen molar-refractivity contribution in [2.24, 2.45) is 11.8 Å². The summed E-state index contributed by atoms with van der Waals surface area (Å²) < 4.78 is 5.14. The number of Topliss-reactive ketones (excluding diaryl/α,β-unsaturated/α-hetero) is 1. The average molecular weight is 444 g/mol. The fraction of sp³-hybridized carbons (Fsp3) is 0.522. The number of aromatic nitrogens is 1. The zero-order chi connectivity index (χ0) is 21.5. The Morgan fingerprint density at radius 2 is 2.00 bits per heavy atom. The van der Waals surface area contributed by atoms with Crippen LogP contribution in [0.2, 0.25) is 5.02 Å². The Bertz CT molecular complexity index is 1050. The number of benzene rings is 1. The highest BCUT2D eigenvalue weighted by molar-refractivity contribution is 6.31. The van der Waals surface area contributed by atoms with Gasteiger partial charge in [0.1, 0.15) is 12.6 Å². The maximum atomic E-state index is 13.5. The SMILES string of the molecule is O=C1COCC1NC(=O)[C@@H]1CCCCC1C(=O)N1CCc2[nH]c3ccc(Cl)cc3c2C1. The molecule has 2 N–H and O–H groups in total. The first-order chi connectivity index (χ1) is 15.0. The molecule has 8 heteroatoms. The first-order valence-electron chi connectivity index (χ1n) is 11.0. The first kappa shape index (κ1) is 20.5. The third-order valence-electron chi connectivity index (χ3n) is 6.90. The van der Waals surface area contributed by atoms with E-state index < -0.39 is 12.0 Å². The predicted molar refractivity (Wildman–Crippen MR) is 116 cm³/mol. The van der Waals surface area contributed by atoms with E-state index >= 15 is 0 Å². The topological polar surface area (TPSA) is 91.5 Å². The number of carbonyl (C=O) groups is 3. The number of ketones is 1. The number of nitrogens with zero attached hydrogens (tertiary/aromatic N) is 1. The van der Waals surface area contributed by atoms with Gasteiger partial charge in [-0.15, -0.1) is 0 Å². The molecule has 2 fully saturated rings. The van der Waals surface area contributed by atoms with Crippen molar-refractivity contribution in [1.82, 2.24) is 15.2 Å². The largest absolute Gasteiger partial charge is 0.371 e. The molecule has 1 aromatic carbocycles. The summed E-state index contributed by atoms with van der Waals surface area (Å²) in [7, 11) is 0. The zero-order valence-corrected chi connectivity index (χ0v) is 18.0. The highest BCUT2D eigenvalue weighted by atomic mass is 35.5. The summed E-state index contributed by atoms with van der Waals surface area (Å²) in [6.07, 6.45) is 3.99. The molecular formula is C23H26ClN3O4. The standard InChI is InChI=1S/C23H26ClN3O4/c24-13-5-6-18-16(9-13)17-10-27(8-7-19(17)25-18)23(30)15-4-2-1-3-14(15)22(29)26-20-11-31-12-21(20)28/h5-6,9,14-15,20,25H,1-4,7-8,10-12H2,(H,26,29)/t14-,15?,20?/m1/s1. The average Bonchev–Trinajstić information content (AvgIpc) is 3.35. The molecule has 7 nitrogen and oxygen atoms in total. The van der Waals surface area contributed by atoms with Crippen molar-refractivity contribution < 1.29 is 19.1 Å². The summed E-state index contributed by atoms with van der Waals surface area (Å²) in [5.41, 5.74) is 3.30. The van der Waals surface area contributed by atoms with Crippen LogP contribution in [0.15, 0.2) is 18.2 Å². The fourth-order valence-corrected chi connectivity index (χ4v) is 5.39. The lowest BCUT2D eigenvalue weighted by atomic mass is 9.77. The molecule has 0 radical (unpaired) electrons. The van der Waals surface area contributed by atoms with Gasteiger partial charge in [-0.3, -0.25) is 14.4 Å². The van der Waals surface area contributed by atoms with Crippen molar-refractivity contribution in [2.75, 3.05) is 19.8 Å². The van der Waals surface area contributed by atoms with Gasteiger partial charge in [-0.2, -0.15) is 0 Å². The Balaban J connectivity index is 1.33. The van der Waals surface area contributed by atoms with Gasteiger partial charge in [0, 0.05) is 58.5 Å². The second kappa shape index (κ2) is 8.28. The van der Waals surface area contributed by atoms with Crippen LogP contribution in [0.4, 0.5) is 0 Å².